The van der Waals surface area contributed by atoms with Gasteiger partial charge >= 0.3 is 0 Å². The van der Waals surface area contributed by atoms with Gasteiger partial charge in [0.15, 0.2) is 0 Å². The second kappa shape index (κ2) is 4.25. The minimum absolute atomic E-state index is 0.0487. The highest BCUT2D eigenvalue weighted by Crippen LogP contribution is 2.18. The first-order chi connectivity index (χ1) is 7.31. The number of hydrogen-bond donors (Lipinski definition) is 2. The van der Waals surface area contributed by atoms with E-state index >= 15 is 0 Å². The summed E-state index contributed by atoms with van der Waals surface area (Å²) in [5.41, 5.74) is 4.80. The van der Waals surface area contributed by atoms with Crippen molar-refractivity contribution in [1.82, 2.24) is 15.0 Å². The lowest BCUT2D eigenvalue weighted by atomic mass is 10.1. The van der Waals surface area contributed by atoms with E-state index in [0.29, 0.717) is 0 Å². The van der Waals surface area contributed by atoms with E-state index < -0.39 is 0 Å². The maximum Gasteiger partial charge on any atom is 0.0947 e. The van der Waals surface area contributed by atoms with Crippen LogP contribution in [0.15, 0.2) is 42.9 Å². The molecule has 0 spiro atoms. The largest absolute Gasteiger partial charge is 0.340 e. The van der Waals surface area contributed by atoms with Crippen LogP contribution in [0, 0.1) is 0 Å². The van der Waals surface area contributed by atoms with Crippen LogP contribution in [0.4, 0.5) is 0 Å². The van der Waals surface area contributed by atoms with Crippen molar-refractivity contribution in [2.75, 3.05) is 0 Å². The topological polar surface area (TPSA) is 55.9 Å². The molecule has 15 heavy (non-hydrogen) atoms. The predicted octanol–water partition coefficient (Wildman–Crippen LogP) is 0.973. The fourth-order valence-electron chi connectivity index (χ4n) is 1.58. The van der Waals surface area contributed by atoms with Crippen molar-refractivity contribution in [2.24, 2.45) is 12.9 Å². The van der Waals surface area contributed by atoms with Crippen LogP contribution in [-0.4, -0.2) is 9.55 Å². The lowest BCUT2D eigenvalue weighted by Gasteiger charge is -2.13. The van der Waals surface area contributed by atoms with Gasteiger partial charge in [0.1, 0.15) is 0 Å². The Balaban J connectivity index is 2.33. The molecule has 4 nitrogen and oxygen atoms in total. The molecule has 0 fully saturated rings. The number of benzene rings is 1. The van der Waals surface area contributed by atoms with Crippen molar-refractivity contribution < 1.29 is 0 Å². The quantitative estimate of drug-likeness (QED) is 0.576. The lowest BCUT2D eigenvalue weighted by molar-refractivity contribution is 0.623. The Bertz CT molecular complexity index is 421. The van der Waals surface area contributed by atoms with Crippen molar-refractivity contribution in [3.05, 3.63) is 54.1 Å². The minimum Gasteiger partial charge on any atom is -0.340 e. The number of nitrogens with one attached hydrogen (secondary N) is 1. The summed E-state index contributed by atoms with van der Waals surface area (Å²) in [6.07, 6.45) is 3.72. The summed E-state index contributed by atoms with van der Waals surface area (Å²) in [7, 11) is 1.94. The monoisotopic (exact) mass is 202 g/mol. The molecule has 1 heterocycles. The van der Waals surface area contributed by atoms with Gasteiger partial charge < -0.3 is 4.57 Å². The van der Waals surface area contributed by atoms with Crippen LogP contribution in [0.2, 0.25) is 0 Å². The summed E-state index contributed by atoms with van der Waals surface area (Å²) in [6.45, 7) is 0. The normalized spacial score (nSPS) is 12.7. The summed E-state index contributed by atoms with van der Waals surface area (Å²) in [4.78, 5) is 4.28. The Labute approximate surface area is 88.7 Å². The van der Waals surface area contributed by atoms with Gasteiger partial charge in [-0.2, -0.15) is 0 Å². The maximum atomic E-state index is 5.55. The molecular formula is C11H14N4. The molecule has 1 aromatic heterocycles. The zero-order valence-electron chi connectivity index (χ0n) is 8.59. The summed E-state index contributed by atoms with van der Waals surface area (Å²) < 4.78 is 1.91. The first kappa shape index (κ1) is 9.89. The van der Waals surface area contributed by atoms with Crippen LogP contribution in [0.1, 0.15) is 17.3 Å². The smallest absolute Gasteiger partial charge is 0.0947 e. The molecule has 0 aliphatic carbocycles. The third kappa shape index (κ3) is 2.06. The van der Waals surface area contributed by atoms with Gasteiger partial charge in [-0.25, -0.2) is 10.4 Å². The Kier molecular flexibility index (Phi) is 2.80. The van der Waals surface area contributed by atoms with E-state index in [0.717, 1.165) is 11.3 Å². The third-order valence-corrected chi connectivity index (χ3v) is 2.32. The Morgan fingerprint density at radius 3 is 2.60 bits per heavy atom. The van der Waals surface area contributed by atoms with Crippen LogP contribution < -0.4 is 11.3 Å². The lowest BCUT2D eigenvalue weighted by Crippen LogP contribution is -2.29. The molecule has 3 N–H and O–H groups in total. The third-order valence-electron chi connectivity index (χ3n) is 2.32. The van der Waals surface area contributed by atoms with Gasteiger partial charge in [0, 0.05) is 13.2 Å². The molecule has 0 saturated carbocycles. The Morgan fingerprint density at radius 2 is 2.07 bits per heavy atom. The van der Waals surface area contributed by atoms with Crippen LogP contribution in [-0.2, 0) is 7.05 Å². The van der Waals surface area contributed by atoms with Gasteiger partial charge in [0.2, 0.25) is 0 Å². The molecule has 1 unspecified atom stereocenters. The van der Waals surface area contributed by atoms with Crippen LogP contribution in [0.25, 0.3) is 0 Å². The van der Waals surface area contributed by atoms with Gasteiger partial charge in [0.25, 0.3) is 0 Å². The van der Waals surface area contributed by atoms with E-state index in [1.54, 1.807) is 6.33 Å². The highest BCUT2D eigenvalue weighted by Gasteiger charge is 2.13. The number of hydrazine groups is 1. The number of nitrogens with two attached hydrogens (primary N) is 1. The van der Waals surface area contributed by atoms with Gasteiger partial charge in [-0.1, -0.05) is 30.3 Å². The van der Waals surface area contributed by atoms with E-state index in [9.17, 15) is 0 Å². The fourth-order valence-corrected chi connectivity index (χ4v) is 1.58. The molecule has 0 aliphatic rings. The van der Waals surface area contributed by atoms with Gasteiger partial charge in [-0.15, -0.1) is 0 Å². The number of aromatic nitrogens is 2. The van der Waals surface area contributed by atoms with E-state index in [1.807, 2.05) is 48.1 Å². The van der Waals surface area contributed by atoms with Crippen molar-refractivity contribution in [3.8, 4) is 0 Å². The molecule has 2 rings (SSSR count). The SMILES string of the molecule is Cn1cnc(C(NN)c2ccccc2)c1. The highest BCUT2D eigenvalue weighted by molar-refractivity contribution is 5.26. The van der Waals surface area contributed by atoms with Gasteiger partial charge in [-0.05, 0) is 5.56 Å². The standard InChI is InChI=1S/C11H14N4/c1-15-7-10(13-8-15)11(14-12)9-5-3-2-4-6-9/h2-8,11,14H,12H2,1H3. The van der Waals surface area contributed by atoms with Crippen molar-refractivity contribution in [1.29, 1.82) is 0 Å². The average molecular weight is 202 g/mol. The number of nitrogens with zero attached hydrogens (tertiary/aromatic N) is 2. The molecule has 78 valence electrons. The zero-order valence-corrected chi connectivity index (χ0v) is 8.59. The molecule has 0 radical (unpaired) electrons. The number of rotatable bonds is 3. The van der Waals surface area contributed by atoms with E-state index in [-0.39, 0.29) is 6.04 Å². The van der Waals surface area contributed by atoms with Gasteiger partial charge in [0.05, 0.1) is 18.1 Å². The molecule has 1 aromatic carbocycles. The molecule has 0 saturated heterocycles. The number of imidazole rings is 1. The molecule has 1 atom stereocenters. The fraction of sp³-hybridized carbons (Fsp3) is 0.182. The maximum absolute atomic E-state index is 5.55. The number of hydrogen-bond acceptors (Lipinski definition) is 3. The van der Waals surface area contributed by atoms with Crippen molar-refractivity contribution in [2.45, 2.75) is 6.04 Å². The molecule has 2 aromatic rings. The second-order valence-electron chi connectivity index (χ2n) is 3.47. The first-order valence-corrected chi connectivity index (χ1v) is 4.80. The minimum atomic E-state index is -0.0487. The number of aryl methyl sites for hydroxylation is 1. The Hall–Kier alpha value is -1.65. The first-order valence-electron chi connectivity index (χ1n) is 4.80. The van der Waals surface area contributed by atoms with Crippen LogP contribution in [0.5, 0.6) is 0 Å². The van der Waals surface area contributed by atoms with Crippen molar-refractivity contribution >= 4 is 0 Å². The zero-order chi connectivity index (χ0) is 10.7. The summed E-state index contributed by atoms with van der Waals surface area (Å²) >= 11 is 0. The van der Waals surface area contributed by atoms with Crippen molar-refractivity contribution in [3.63, 3.8) is 0 Å². The molecule has 0 amide bonds. The molecule has 0 bridgehead atoms. The summed E-state index contributed by atoms with van der Waals surface area (Å²) in [5, 5.41) is 0. The molecule has 0 aliphatic heterocycles. The summed E-state index contributed by atoms with van der Waals surface area (Å²) in [5.74, 6) is 5.55. The average Bonchev–Trinajstić information content (AvgIpc) is 2.68. The summed E-state index contributed by atoms with van der Waals surface area (Å²) in [6, 6.07) is 9.96. The van der Waals surface area contributed by atoms with E-state index in [4.69, 9.17) is 5.84 Å². The van der Waals surface area contributed by atoms with Crippen LogP contribution >= 0.6 is 0 Å². The predicted molar refractivity (Wildman–Crippen MR) is 58.8 cm³/mol. The highest BCUT2D eigenvalue weighted by atomic mass is 15.2. The van der Waals surface area contributed by atoms with Gasteiger partial charge in [-0.3, -0.25) is 5.84 Å². The molecular weight excluding hydrogens is 188 g/mol. The second-order valence-corrected chi connectivity index (χ2v) is 3.47. The Morgan fingerprint density at radius 1 is 1.33 bits per heavy atom. The molecule has 4 heteroatoms. The van der Waals surface area contributed by atoms with E-state index in [2.05, 4.69) is 10.4 Å². The van der Waals surface area contributed by atoms with Crippen LogP contribution in [0.3, 0.4) is 0 Å². The van der Waals surface area contributed by atoms with E-state index in [1.165, 1.54) is 0 Å².